The molecule has 0 saturated carbocycles. The second kappa shape index (κ2) is 7.92. The Balaban J connectivity index is 1.34. The van der Waals surface area contributed by atoms with Crippen molar-refractivity contribution in [3.63, 3.8) is 0 Å². The summed E-state index contributed by atoms with van der Waals surface area (Å²) in [6.45, 7) is 3.25. The highest BCUT2D eigenvalue weighted by Gasteiger charge is 2.30. The van der Waals surface area contributed by atoms with Gasteiger partial charge < -0.3 is 10.2 Å². The molecule has 30 heavy (non-hydrogen) atoms. The molecule has 1 amide bonds. The summed E-state index contributed by atoms with van der Waals surface area (Å²) >= 11 is 0. The summed E-state index contributed by atoms with van der Waals surface area (Å²) in [5, 5.41) is 11.2. The smallest absolute Gasteiger partial charge is 0.353 e. The average molecular weight is 418 g/mol. The summed E-state index contributed by atoms with van der Waals surface area (Å²) < 4.78 is 40.4. The van der Waals surface area contributed by atoms with Crippen molar-refractivity contribution >= 4 is 17.4 Å². The highest BCUT2D eigenvalue weighted by molar-refractivity contribution is 5.79. The van der Waals surface area contributed by atoms with Gasteiger partial charge in [-0.1, -0.05) is 18.2 Å². The number of hydrogen-bond donors (Lipinski definition) is 1. The molecule has 1 fully saturated rings. The van der Waals surface area contributed by atoms with Crippen molar-refractivity contribution in [1.29, 1.82) is 0 Å². The van der Waals surface area contributed by atoms with E-state index < -0.39 is 11.7 Å². The number of amides is 1. The summed E-state index contributed by atoms with van der Waals surface area (Å²) in [6, 6.07) is 4.85. The third-order valence-corrected chi connectivity index (χ3v) is 5.26. The topological polar surface area (TPSA) is 75.4 Å². The lowest BCUT2D eigenvalue weighted by Gasteiger charge is -2.33. The van der Waals surface area contributed by atoms with E-state index in [2.05, 4.69) is 25.4 Å². The lowest BCUT2D eigenvalue weighted by atomic mass is 10.0. The molecule has 0 bridgehead atoms. The Morgan fingerprint density at radius 3 is 2.73 bits per heavy atom. The van der Waals surface area contributed by atoms with Crippen LogP contribution in [0.2, 0.25) is 0 Å². The van der Waals surface area contributed by atoms with Crippen LogP contribution < -0.4 is 10.2 Å². The molecule has 1 N–H and O–H groups in total. The summed E-state index contributed by atoms with van der Waals surface area (Å²) in [5.74, 6) is 1.26. The number of carbonyl (C=O) groups excluding carboxylic acids is 1. The highest BCUT2D eigenvalue weighted by Crippen LogP contribution is 2.29. The Labute approximate surface area is 170 Å². The molecule has 7 nitrogen and oxygen atoms in total. The lowest BCUT2D eigenvalue weighted by molar-refractivity contribution is -0.137. The van der Waals surface area contributed by atoms with Gasteiger partial charge in [0.15, 0.2) is 5.82 Å². The van der Waals surface area contributed by atoms with Crippen molar-refractivity contribution in [2.45, 2.75) is 38.4 Å². The van der Waals surface area contributed by atoms with Crippen molar-refractivity contribution in [3.05, 3.63) is 53.6 Å². The summed E-state index contributed by atoms with van der Waals surface area (Å²) in [4.78, 5) is 18.9. The first-order valence-corrected chi connectivity index (χ1v) is 9.68. The van der Waals surface area contributed by atoms with Crippen molar-refractivity contribution in [3.8, 4) is 0 Å². The van der Waals surface area contributed by atoms with Crippen LogP contribution in [0.3, 0.4) is 0 Å². The SMILES string of the molecule is Cc1nnc2c(N3CCC(NC(=O)Cc4cccc(C(F)(F)F)c4)CC3)nccn12. The number of aromatic nitrogens is 4. The minimum atomic E-state index is -4.42. The molecular formula is C20H21F3N6O. The van der Waals surface area contributed by atoms with E-state index in [1.54, 1.807) is 6.20 Å². The van der Waals surface area contributed by atoms with Crippen molar-refractivity contribution in [2.75, 3.05) is 18.0 Å². The van der Waals surface area contributed by atoms with E-state index in [0.717, 1.165) is 23.8 Å². The predicted molar refractivity (Wildman–Crippen MR) is 104 cm³/mol. The van der Waals surface area contributed by atoms with Crippen LogP contribution >= 0.6 is 0 Å². The zero-order valence-corrected chi connectivity index (χ0v) is 16.4. The molecule has 0 aliphatic carbocycles. The van der Waals surface area contributed by atoms with Gasteiger partial charge >= 0.3 is 6.18 Å². The molecule has 10 heteroatoms. The van der Waals surface area contributed by atoms with Crippen molar-refractivity contribution < 1.29 is 18.0 Å². The quantitative estimate of drug-likeness (QED) is 0.705. The molecule has 1 saturated heterocycles. The molecule has 0 unspecified atom stereocenters. The fourth-order valence-corrected chi connectivity index (χ4v) is 3.71. The number of rotatable bonds is 4. The number of aryl methyl sites for hydroxylation is 1. The first-order chi connectivity index (χ1) is 14.3. The van der Waals surface area contributed by atoms with Gasteiger partial charge in [-0.15, -0.1) is 10.2 Å². The van der Waals surface area contributed by atoms with Crippen LogP contribution in [0.1, 0.15) is 29.8 Å². The summed E-state index contributed by atoms with van der Waals surface area (Å²) in [6.07, 6.45) is 0.452. The number of carbonyl (C=O) groups is 1. The molecule has 1 aliphatic rings. The molecule has 0 atom stereocenters. The third-order valence-electron chi connectivity index (χ3n) is 5.26. The van der Waals surface area contributed by atoms with Gasteiger partial charge in [0.25, 0.3) is 0 Å². The van der Waals surface area contributed by atoms with Gasteiger partial charge in [0.05, 0.1) is 12.0 Å². The zero-order valence-electron chi connectivity index (χ0n) is 16.4. The molecule has 1 aromatic carbocycles. The number of hydrogen-bond acceptors (Lipinski definition) is 5. The second-order valence-electron chi connectivity index (χ2n) is 7.40. The van der Waals surface area contributed by atoms with Crippen LogP contribution in [0.5, 0.6) is 0 Å². The summed E-state index contributed by atoms with van der Waals surface area (Å²) in [5.41, 5.74) is 0.298. The molecule has 3 heterocycles. The van der Waals surface area contributed by atoms with E-state index in [4.69, 9.17) is 0 Å². The molecule has 2 aromatic heterocycles. The molecular weight excluding hydrogens is 397 g/mol. The normalized spacial score (nSPS) is 15.5. The Hall–Kier alpha value is -3.17. The minimum Gasteiger partial charge on any atom is -0.353 e. The monoisotopic (exact) mass is 418 g/mol. The van der Waals surface area contributed by atoms with Gasteiger partial charge in [0.1, 0.15) is 5.82 Å². The van der Waals surface area contributed by atoms with Gasteiger partial charge in [0.2, 0.25) is 11.6 Å². The van der Waals surface area contributed by atoms with Gasteiger partial charge in [-0.25, -0.2) is 4.98 Å². The Morgan fingerprint density at radius 2 is 2.00 bits per heavy atom. The number of alkyl halides is 3. The fraction of sp³-hybridized carbons (Fsp3) is 0.400. The van der Waals surface area contributed by atoms with Crippen LogP contribution in [0, 0.1) is 6.92 Å². The second-order valence-corrected chi connectivity index (χ2v) is 7.40. The lowest BCUT2D eigenvalue weighted by Crippen LogP contribution is -2.45. The maximum Gasteiger partial charge on any atom is 0.416 e. The van der Waals surface area contributed by atoms with Gasteiger partial charge in [-0.2, -0.15) is 13.2 Å². The van der Waals surface area contributed by atoms with Gasteiger partial charge in [0, 0.05) is 31.5 Å². The van der Waals surface area contributed by atoms with Crippen LogP contribution in [0.15, 0.2) is 36.7 Å². The van der Waals surface area contributed by atoms with Crippen LogP contribution in [0.25, 0.3) is 5.65 Å². The third kappa shape index (κ3) is 4.22. The highest BCUT2D eigenvalue weighted by atomic mass is 19.4. The van der Waals surface area contributed by atoms with E-state index in [9.17, 15) is 18.0 Å². The van der Waals surface area contributed by atoms with Crippen molar-refractivity contribution in [1.82, 2.24) is 24.9 Å². The largest absolute Gasteiger partial charge is 0.416 e. The number of fused-ring (bicyclic) bond motifs is 1. The Kier molecular flexibility index (Phi) is 5.31. The Bertz CT molecular complexity index is 1060. The molecule has 4 rings (SSSR count). The predicted octanol–water partition coefficient (Wildman–Crippen LogP) is 2.78. The van der Waals surface area contributed by atoms with E-state index in [1.165, 1.54) is 12.1 Å². The molecule has 0 spiro atoms. The Morgan fingerprint density at radius 1 is 1.23 bits per heavy atom. The summed E-state index contributed by atoms with van der Waals surface area (Å²) in [7, 11) is 0. The number of halogens is 3. The van der Waals surface area contributed by atoms with E-state index in [0.29, 0.717) is 37.1 Å². The average Bonchev–Trinajstić information content (AvgIpc) is 3.09. The van der Waals surface area contributed by atoms with E-state index >= 15 is 0 Å². The first kappa shape index (κ1) is 20.1. The zero-order chi connectivity index (χ0) is 21.3. The van der Waals surface area contributed by atoms with Crippen LogP contribution in [0.4, 0.5) is 19.0 Å². The molecule has 158 valence electrons. The fourth-order valence-electron chi connectivity index (χ4n) is 3.71. The number of piperidine rings is 1. The van der Waals surface area contributed by atoms with E-state index in [-0.39, 0.29) is 18.4 Å². The number of benzene rings is 1. The standard InChI is InChI=1S/C20H21F3N6O/c1-13-26-27-19-18(24-7-10-29(13)19)28-8-5-16(6-9-28)25-17(30)12-14-3-2-4-15(11-14)20(21,22)23/h2-4,7,10-11,16H,5-6,8-9,12H2,1H3,(H,25,30). The van der Waals surface area contributed by atoms with Crippen molar-refractivity contribution in [2.24, 2.45) is 0 Å². The first-order valence-electron chi connectivity index (χ1n) is 9.68. The van der Waals surface area contributed by atoms with Crippen LogP contribution in [-0.2, 0) is 17.4 Å². The minimum absolute atomic E-state index is 0.0288. The molecule has 1 aliphatic heterocycles. The molecule has 0 radical (unpaired) electrons. The van der Waals surface area contributed by atoms with Crippen LogP contribution in [-0.4, -0.2) is 44.6 Å². The number of nitrogens with one attached hydrogen (secondary N) is 1. The number of nitrogens with zero attached hydrogens (tertiary/aromatic N) is 5. The van der Waals surface area contributed by atoms with Gasteiger partial charge in [-0.05, 0) is 31.4 Å². The van der Waals surface area contributed by atoms with E-state index in [1.807, 2.05) is 17.5 Å². The van der Waals surface area contributed by atoms with Gasteiger partial charge in [-0.3, -0.25) is 9.20 Å². The maximum absolute atomic E-state index is 12.8. The maximum atomic E-state index is 12.8. The number of anilines is 1. The molecule has 3 aromatic rings.